The lowest BCUT2D eigenvalue weighted by molar-refractivity contribution is 0.284. The quantitative estimate of drug-likeness (QED) is 0.665. The Morgan fingerprint density at radius 3 is 2.52 bits per heavy atom. The largest absolute Gasteiger partial charge is 0.493 e. The molecule has 0 bridgehead atoms. The van der Waals surface area contributed by atoms with E-state index in [0.29, 0.717) is 28.2 Å². The van der Waals surface area contributed by atoms with Gasteiger partial charge in [0.1, 0.15) is 6.61 Å². The van der Waals surface area contributed by atoms with Gasteiger partial charge in [-0.1, -0.05) is 35.3 Å². The highest BCUT2D eigenvalue weighted by molar-refractivity contribution is 6.31. The summed E-state index contributed by atoms with van der Waals surface area (Å²) in [4.78, 5) is 0. The molecule has 3 rings (SSSR count). The van der Waals surface area contributed by atoms with Gasteiger partial charge in [0.2, 0.25) is 0 Å². The molecular formula is C21H26Cl2N2O2. The molecule has 0 atom stereocenters. The fourth-order valence-electron chi connectivity index (χ4n) is 3.22. The van der Waals surface area contributed by atoms with Crippen LogP contribution < -0.4 is 20.1 Å². The van der Waals surface area contributed by atoms with Gasteiger partial charge in [0.05, 0.1) is 7.11 Å². The number of piperidine rings is 1. The first-order chi connectivity index (χ1) is 13.2. The highest BCUT2D eigenvalue weighted by Crippen LogP contribution is 2.34. The third-order valence-electron chi connectivity index (χ3n) is 4.85. The Kier molecular flexibility index (Phi) is 7.65. The third-order valence-corrected chi connectivity index (χ3v) is 5.45. The summed E-state index contributed by atoms with van der Waals surface area (Å²) < 4.78 is 11.4. The Hall–Kier alpha value is -1.46. The number of nitrogens with one attached hydrogen (secondary N) is 2. The van der Waals surface area contributed by atoms with Crippen LogP contribution >= 0.6 is 23.2 Å². The van der Waals surface area contributed by atoms with E-state index in [9.17, 15) is 0 Å². The lowest BCUT2D eigenvalue weighted by Crippen LogP contribution is -2.33. The maximum absolute atomic E-state index is 6.48. The molecule has 0 amide bonds. The van der Waals surface area contributed by atoms with Gasteiger partial charge in [-0.25, -0.2) is 0 Å². The average molecular weight is 409 g/mol. The van der Waals surface area contributed by atoms with Crippen molar-refractivity contribution < 1.29 is 9.47 Å². The number of methoxy groups -OCH3 is 1. The van der Waals surface area contributed by atoms with Crippen LogP contribution in [0, 0.1) is 5.92 Å². The summed E-state index contributed by atoms with van der Waals surface area (Å²) in [5, 5.41) is 8.31. The molecule has 6 heteroatoms. The number of ether oxygens (including phenoxy) is 2. The molecule has 1 heterocycles. The number of hydrogen-bond acceptors (Lipinski definition) is 4. The molecule has 0 unspecified atom stereocenters. The van der Waals surface area contributed by atoms with Crippen LogP contribution in [0.4, 0.5) is 0 Å². The summed E-state index contributed by atoms with van der Waals surface area (Å²) in [5.41, 5.74) is 2.05. The minimum atomic E-state index is 0.428. The van der Waals surface area contributed by atoms with Crippen LogP contribution in [0.25, 0.3) is 0 Å². The molecule has 1 aliphatic rings. The average Bonchev–Trinajstić information content (AvgIpc) is 2.69. The molecular weight excluding hydrogens is 383 g/mol. The minimum absolute atomic E-state index is 0.428. The van der Waals surface area contributed by atoms with Gasteiger partial charge in [0.15, 0.2) is 11.5 Å². The van der Waals surface area contributed by atoms with E-state index >= 15 is 0 Å². The fourth-order valence-corrected chi connectivity index (χ4v) is 3.57. The predicted molar refractivity (Wildman–Crippen MR) is 111 cm³/mol. The van der Waals surface area contributed by atoms with Gasteiger partial charge >= 0.3 is 0 Å². The van der Waals surface area contributed by atoms with Gasteiger partial charge in [-0.15, -0.1) is 0 Å². The van der Waals surface area contributed by atoms with Crippen LogP contribution in [0.3, 0.4) is 0 Å². The van der Waals surface area contributed by atoms with Crippen LogP contribution in [0.2, 0.25) is 10.0 Å². The Bertz CT molecular complexity index is 732. The summed E-state index contributed by atoms with van der Waals surface area (Å²) in [7, 11) is 1.64. The third kappa shape index (κ3) is 6.01. The molecule has 2 N–H and O–H groups in total. The molecule has 146 valence electrons. The van der Waals surface area contributed by atoms with E-state index in [1.54, 1.807) is 7.11 Å². The Labute approximate surface area is 171 Å². The zero-order chi connectivity index (χ0) is 19.1. The lowest BCUT2D eigenvalue weighted by atomic mass is 9.98. The Morgan fingerprint density at radius 1 is 1.07 bits per heavy atom. The van der Waals surface area contributed by atoms with Crippen LogP contribution in [0.15, 0.2) is 36.4 Å². The first kappa shape index (κ1) is 20.3. The second-order valence-electron chi connectivity index (χ2n) is 6.83. The van der Waals surface area contributed by atoms with Gasteiger partial charge in [-0.2, -0.15) is 0 Å². The predicted octanol–water partition coefficient (Wildman–Crippen LogP) is 4.67. The van der Waals surface area contributed by atoms with Gasteiger partial charge in [0, 0.05) is 22.7 Å². The summed E-state index contributed by atoms with van der Waals surface area (Å²) in [6, 6.07) is 11.4. The van der Waals surface area contributed by atoms with Gasteiger partial charge in [0.25, 0.3) is 0 Å². The lowest BCUT2D eigenvalue weighted by Gasteiger charge is -2.23. The van der Waals surface area contributed by atoms with Crippen molar-refractivity contribution in [3.05, 3.63) is 57.6 Å². The second-order valence-corrected chi connectivity index (χ2v) is 7.68. The van der Waals surface area contributed by atoms with E-state index in [0.717, 1.165) is 43.2 Å². The van der Waals surface area contributed by atoms with Crippen LogP contribution in [-0.4, -0.2) is 26.7 Å². The van der Waals surface area contributed by atoms with Crippen molar-refractivity contribution >= 4 is 23.2 Å². The molecule has 0 aromatic heterocycles. The molecule has 1 aliphatic heterocycles. The van der Waals surface area contributed by atoms with Gasteiger partial charge in [-0.3, -0.25) is 0 Å². The maximum atomic E-state index is 6.48. The van der Waals surface area contributed by atoms with E-state index in [1.807, 2.05) is 36.4 Å². The molecule has 4 nitrogen and oxygen atoms in total. The summed E-state index contributed by atoms with van der Waals surface area (Å²) >= 11 is 12.4. The number of rotatable bonds is 8. The first-order valence-electron chi connectivity index (χ1n) is 9.31. The van der Waals surface area contributed by atoms with Crippen molar-refractivity contribution in [2.75, 3.05) is 26.7 Å². The summed E-state index contributed by atoms with van der Waals surface area (Å²) in [6.45, 7) is 4.38. The minimum Gasteiger partial charge on any atom is -0.493 e. The maximum Gasteiger partial charge on any atom is 0.163 e. The summed E-state index contributed by atoms with van der Waals surface area (Å²) in [5.74, 6) is 2.06. The van der Waals surface area contributed by atoms with Crippen molar-refractivity contribution in [3.8, 4) is 11.5 Å². The number of hydrogen-bond donors (Lipinski definition) is 2. The smallest absolute Gasteiger partial charge is 0.163 e. The van der Waals surface area contributed by atoms with E-state index in [1.165, 1.54) is 12.8 Å². The zero-order valence-electron chi connectivity index (χ0n) is 15.6. The highest BCUT2D eigenvalue weighted by Gasteiger charge is 2.14. The molecule has 0 aliphatic carbocycles. The standard InChI is InChI=1S/C21H26Cl2N2O2/c1-26-20-10-17(13-25-12-15-6-8-24-9-7-15)19(23)11-21(20)27-14-16-2-4-18(22)5-3-16/h2-5,10-11,15,24-25H,6-9,12-14H2,1H3. The first-order valence-corrected chi connectivity index (χ1v) is 10.1. The van der Waals surface area contributed by atoms with Crippen LogP contribution in [-0.2, 0) is 13.2 Å². The molecule has 0 radical (unpaired) electrons. The zero-order valence-corrected chi connectivity index (χ0v) is 17.1. The number of benzene rings is 2. The molecule has 0 saturated carbocycles. The molecule has 1 saturated heterocycles. The van der Waals surface area contributed by atoms with Gasteiger partial charge in [-0.05, 0) is 67.7 Å². The highest BCUT2D eigenvalue weighted by atomic mass is 35.5. The normalized spacial score (nSPS) is 14.9. The van der Waals surface area contributed by atoms with E-state index in [-0.39, 0.29) is 0 Å². The van der Waals surface area contributed by atoms with Crippen molar-refractivity contribution in [1.82, 2.24) is 10.6 Å². The van der Waals surface area contributed by atoms with Gasteiger partial charge < -0.3 is 20.1 Å². The molecule has 2 aromatic carbocycles. The van der Waals surface area contributed by atoms with Crippen LogP contribution in [0.5, 0.6) is 11.5 Å². The molecule has 0 spiro atoms. The molecule has 1 fully saturated rings. The molecule has 27 heavy (non-hydrogen) atoms. The van der Waals surface area contributed by atoms with E-state index in [2.05, 4.69) is 10.6 Å². The number of halogens is 2. The topological polar surface area (TPSA) is 42.5 Å². The summed E-state index contributed by atoms with van der Waals surface area (Å²) in [6.07, 6.45) is 2.45. The van der Waals surface area contributed by atoms with Crippen molar-refractivity contribution in [2.45, 2.75) is 26.0 Å². The Balaban J connectivity index is 1.59. The van der Waals surface area contributed by atoms with Crippen molar-refractivity contribution in [2.24, 2.45) is 5.92 Å². The second kappa shape index (κ2) is 10.2. The van der Waals surface area contributed by atoms with Crippen molar-refractivity contribution in [1.29, 1.82) is 0 Å². The monoisotopic (exact) mass is 408 g/mol. The molecule has 2 aromatic rings. The van der Waals surface area contributed by atoms with E-state index in [4.69, 9.17) is 32.7 Å². The Morgan fingerprint density at radius 2 is 1.81 bits per heavy atom. The van der Waals surface area contributed by atoms with E-state index < -0.39 is 0 Å². The fraction of sp³-hybridized carbons (Fsp3) is 0.429. The van der Waals surface area contributed by atoms with Crippen molar-refractivity contribution in [3.63, 3.8) is 0 Å². The van der Waals surface area contributed by atoms with Crippen LogP contribution in [0.1, 0.15) is 24.0 Å². The SMILES string of the molecule is COc1cc(CNCC2CCNCC2)c(Cl)cc1OCc1ccc(Cl)cc1.